The second-order valence-electron chi connectivity index (χ2n) is 5.08. The van der Waals surface area contributed by atoms with Crippen LogP contribution >= 0.6 is 11.3 Å². The summed E-state index contributed by atoms with van der Waals surface area (Å²) in [6.45, 7) is 10.0. The van der Waals surface area contributed by atoms with Crippen molar-refractivity contribution in [1.82, 2.24) is 15.3 Å². The van der Waals surface area contributed by atoms with Gasteiger partial charge in [-0.05, 0) is 39.2 Å². The summed E-state index contributed by atoms with van der Waals surface area (Å²) >= 11 is 1.46. The average Bonchev–Trinajstić information content (AvgIpc) is 2.73. The molecule has 2 rings (SSSR count). The third-order valence-corrected chi connectivity index (χ3v) is 4.79. The standard InChI is InChI=1S/C15H21N3OS/c1-6-11(7-2)18-14(19)13-8(3)12-9(4)16-10(5)17-15(12)20-13/h11H,6-7H2,1-5H3,(H,18,19). The van der Waals surface area contributed by atoms with Gasteiger partial charge in [0.05, 0.1) is 4.88 Å². The van der Waals surface area contributed by atoms with Crippen molar-refractivity contribution in [3.63, 3.8) is 0 Å². The molecule has 0 unspecified atom stereocenters. The summed E-state index contributed by atoms with van der Waals surface area (Å²) in [4.78, 5) is 22.9. The van der Waals surface area contributed by atoms with E-state index in [1.54, 1.807) is 0 Å². The van der Waals surface area contributed by atoms with E-state index >= 15 is 0 Å². The summed E-state index contributed by atoms with van der Waals surface area (Å²) in [6, 6.07) is 0.237. The molecule has 0 saturated carbocycles. The molecule has 4 nitrogen and oxygen atoms in total. The molecule has 108 valence electrons. The predicted molar refractivity (Wildman–Crippen MR) is 83.5 cm³/mol. The van der Waals surface area contributed by atoms with Crippen LogP contribution in [-0.4, -0.2) is 21.9 Å². The normalized spacial score (nSPS) is 11.3. The van der Waals surface area contributed by atoms with Crippen LogP contribution < -0.4 is 5.32 Å². The van der Waals surface area contributed by atoms with Crippen molar-refractivity contribution in [2.24, 2.45) is 0 Å². The molecule has 0 fully saturated rings. The zero-order valence-corrected chi connectivity index (χ0v) is 13.5. The number of fused-ring (bicyclic) bond motifs is 1. The smallest absolute Gasteiger partial charge is 0.261 e. The fourth-order valence-electron chi connectivity index (χ4n) is 2.43. The number of aromatic nitrogens is 2. The van der Waals surface area contributed by atoms with Gasteiger partial charge in [0, 0.05) is 17.1 Å². The van der Waals surface area contributed by atoms with Crippen molar-refractivity contribution in [2.75, 3.05) is 0 Å². The van der Waals surface area contributed by atoms with Crippen molar-refractivity contribution in [1.29, 1.82) is 0 Å². The maximum absolute atomic E-state index is 12.4. The SMILES string of the molecule is CCC(CC)NC(=O)c1sc2nc(C)nc(C)c2c1C. The first-order chi connectivity index (χ1) is 9.47. The molecule has 1 amide bonds. The van der Waals surface area contributed by atoms with Crippen LogP contribution in [0.1, 0.15) is 53.4 Å². The summed E-state index contributed by atoms with van der Waals surface area (Å²) in [5, 5.41) is 4.12. The molecular weight excluding hydrogens is 270 g/mol. The number of thiophene rings is 1. The van der Waals surface area contributed by atoms with E-state index in [0.717, 1.165) is 45.0 Å². The van der Waals surface area contributed by atoms with Gasteiger partial charge in [-0.25, -0.2) is 9.97 Å². The minimum Gasteiger partial charge on any atom is -0.349 e. The van der Waals surface area contributed by atoms with Crippen LogP contribution in [0.25, 0.3) is 10.2 Å². The molecule has 0 aliphatic rings. The predicted octanol–water partition coefficient (Wildman–Crippen LogP) is 3.53. The van der Waals surface area contributed by atoms with E-state index in [1.165, 1.54) is 11.3 Å². The third kappa shape index (κ3) is 2.68. The molecule has 0 radical (unpaired) electrons. The van der Waals surface area contributed by atoms with Crippen molar-refractivity contribution in [3.8, 4) is 0 Å². The number of hydrogen-bond donors (Lipinski definition) is 1. The van der Waals surface area contributed by atoms with E-state index in [2.05, 4.69) is 29.1 Å². The Balaban J connectivity index is 2.43. The van der Waals surface area contributed by atoms with Gasteiger partial charge in [-0.3, -0.25) is 4.79 Å². The van der Waals surface area contributed by atoms with Crippen LogP contribution in [0.2, 0.25) is 0 Å². The fraction of sp³-hybridized carbons (Fsp3) is 0.533. The number of amides is 1. The Bertz CT molecular complexity index is 644. The van der Waals surface area contributed by atoms with Crippen LogP contribution in [0, 0.1) is 20.8 Å². The molecule has 2 heterocycles. The quantitative estimate of drug-likeness (QED) is 0.937. The Morgan fingerprint density at radius 3 is 2.45 bits per heavy atom. The topological polar surface area (TPSA) is 54.9 Å². The van der Waals surface area contributed by atoms with Gasteiger partial charge in [0.1, 0.15) is 10.7 Å². The van der Waals surface area contributed by atoms with E-state index in [9.17, 15) is 4.79 Å². The molecule has 0 aliphatic heterocycles. The lowest BCUT2D eigenvalue weighted by Gasteiger charge is -2.14. The van der Waals surface area contributed by atoms with Crippen LogP contribution in [0.15, 0.2) is 0 Å². The summed E-state index contributed by atoms with van der Waals surface area (Å²) in [5.41, 5.74) is 1.94. The lowest BCUT2D eigenvalue weighted by atomic mass is 10.1. The third-order valence-electron chi connectivity index (χ3n) is 3.61. The van der Waals surface area contributed by atoms with Gasteiger partial charge in [0.15, 0.2) is 0 Å². The Labute approximate surface area is 123 Å². The van der Waals surface area contributed by atoms with E-state index < -0.39 is 0 Å². The van der Waals surface area contributed by atoms with Gasteiger partial charge in [-0.15, -0.1) is 11.3 Å². The maximum atomic E-state index is 12.4. The van der Waals surface area contributed by atoms with E-state index in [0.29, 0.717) is 0 Å². The monoisotopic (exact) mass is 291 g/mol. The molecule has 1 N–H and O–H groups in total. The molecule has 2 aromatic rings. The van der Waals surface area contributed by atoms with E-state index in [1.807, 2.05) is 20.8 Å². The van der Waals surface area contributed by atoms with Crippen LogP contribution in [0.4, 0.5) is 0 Å². The van der Waals surface area contributed by atoms with Crippen molar-refractivity contribution < 1.29 is 4.79 Å². The van der Waals surface area contributed by atoms with Gasteiger partial charge in [0.25, 0.3) is 5.91 Å². The molecule has 5 heteroatoms. The summed E-state index contributed by atoms with van der Waals surface area (Å²) in [6.07, 6.45) is 1.90. The van der Waals surface area contributed by atoms with E-state index in [4.69, 9.17) is 0 Å². The number of nitrogens with one attached hydrogen (secondary N) is 1. The molecule has 20 heavy (non-hydrogen) atoms. The Morgan fingerprint density at radius 1 is 1.20 bits per heavy atom. The van der Waals surface area contributed by atoms with Gasteiger partial charge >= 0.3 is 0 Å². The van der Waals surface area contributed by atoms with E-state index in [-0.39, 0.29) is 11.9 Å². The molecule has 0 saturated heterocycles. The lowest BCUT2D eigenvalue weighted by Crippen LogP contribution is -2.33. The Kier molecular flexibility index (Phi) is 4.38. The lowest BCUT2D eigenvalue weighted by molar-refractivity contribution is 0.0938. The summed E-state index contributed by atoms with van der Waals surface area (Å²) < 4.78 is 0. The van der Waals surface area contributed by atoms with Crippen LogP contribution in [0.3, 0.4) is 0 Å². The number of carbonyl (C=O) groups is 1. The largest absolute Gasteiger partial charge is 0.349 e. The number of carbonyl (C=O) groups excluding carboxylic acids is 1. The summed E-state index contributed by atoms with van der Waals surface area (Å²) in [5.74, 6) is 0.763. The molecule has 0 aromatic carbocycles. The molecular formula is C15H21N3OS. The van der Waals surface area contributed by atoms with Crippen LogP contribution in [0.5, 0.6) is 0 Å². The van der Waals surface area contributed by atoms with Gasteiger partial charge in [-0.1, -0.05) is 13.8 Å². The van der Waals surface area contributed by atoms with Crippen molar-refractivity contribution in [2.45, 2.75) is 53.5 Å². The number of rotatable bonds is 4. The molecule has 0 spiro atoms. The number of hydrogen-bond acceptors (Lipinski definition) is 4. The summed E-state index contributed by atoms with van der Waals surface area (Å²) in [7, 11) is 0. The molecule has 0 bridgehead atoms. The first-order valence-electron chi connectivity index (χ1n) is 7.03. The van der Waals surface area contributed by atoms with Gasteiger partial charge < -0.3 is 5.32 Å². The highest BCUT2D eigenvalue weighted by atomic mass is 32.1. The second-order valence-corrected chi connectivity index (χ2v) is 6.08. The number of nitrogens with zero attached hydrogens (tertiary/aromatic N) is 2. The molecule has 0 aliphatic carbocycles. The zero-order valence-electron chi connectivity index (χ0n) is 12.7. The minimum absolute atomic E-state index is 0.0104. The fourth-order valence-corrected chi connectivity index (χ4v) is 3.61. The second kappa shape index (κ2) is 5.87. The van der Waals surface area contributed by atoms with Crippen molar-refractivity contribution >= 4 is 27.5 Å². The Morgan fingerprint density at radius 2 is 1.85 bits per heavy atom. The molecule has 0 atom stereocenters. The first kappa shape index (κ1) is 14.9. The first-order valence-corrected chi connectivity index (χ1v) is 7.84. The highest BCUT2D eigenvalue weighted by Crippen LogP contribution is 2.31. The Hall–Kier alpha value is -1.49. The average molecular weight is 291 g/mol. The van der Waals surface area contributed by atoms with Crippen LogP contribution in [-0.2, 0) is 0 Å². The molecule has 2 aromatic heterocycles. The zero-order chi connectivity index (χ0) is 14.9. The van der Waals surface area contributed by atoms with Crippen molar-refractivity contribution in [3.05, 3.63) is 22.0 Å². The minimum atomic E-state index is 0.0104. The highest BCUT2D eigenvalue weighted by molar-refractivity contribution is 7.20. The highest BCUT2D eigenvalue weighted by Gasteiger charge is 2.19. The maximum Gasteiger partial charge on any atom is 0.261 e. The number of aryl methyl sites for hydroxylation is 3. The van der Waals surface area contributed by atoms with Gasteiger partial charge in [-0.2, -0.15) is 0 Å². The van der Waals surface area contributed by atoms with Gasteiger partial charge in [0.2, 0.25) is 0 Å².